The van der Waals surface area contributed by atoms with E-state index in [9.17, 15) is 24.5 Å². The second kappa shape index (κ2) is 11.1. The normalized spacial score (nSPS) is 13.6. The molecule has 0 saturated heterocycles. The molecule has 3 N–H and O–H groups in total. The van der Waals surface area contributed by atoms with Crippen molar-refractivity contribution >= 4 is 40.1 Å². The first kappa shape index (κ1) is 27.3. The lowest BCUT2D eigenvalue weighted by Gasteiger charge is -2.13. The average molecular weight is 558 g/mol. The monoisotopic (exact) mass is 557 g/mol. The van der Waals surface area contributed by atoms with Gasteiger partial charge in [0, 0.05) is 46.2 Å². The number of furan rings is 2. The molecule has 0 spiro atoms. The van der Waals surface area contributed by atoms with Crippen LogP contribution in [0.1, 0.15) is 67.3 Å². The minimum absolute atomic E-state index is 0.00968. The maximum absolute atomic E-state index is 12.8. The Morgan fingerprint density at radius 3 is 2.44 bits per heavy atom. The first-order valence-electron chi connectivity index (χ1n) is 12.9. The fraction of sp³-hybridized carbons (Fsp3) is 0.241. The van der Waals surface area contributed by atoms with Crippen LogP contribution >= 0.6 is 0 Å². The molecule has 0 saturated carbocycles. The smallest absolute Gasteiger partial charge is 0.305 e. The van der Waals surface area contributed by atoms with Crippen molar-refractivity contribution in [2.45, 2.75) is 46.5 Å². The Balaban J connectivity index is 1.25. The number of hydrazone groups is 1. The number of nitro groups is 1. The predicted octanol–water partition coefficient (Wildman–Crippen LogP) is 4.33. The molecule has 5 rings (SSSR count). The third-order valence-electron chi connectivity index (χ3n) is 7.17. The van der Waals surface area contributed by atoms with Crippen molar-refractivity contribution in [2.24, 2.45) is 5.10 Å². The van der Waals surface area contributed by atoms with Crippen molar-refractivity contribution in [3.05, 3.63) is 97.7 Å². The second-order valence-electron chi connectivity index (χ2n) is 9.84. The highest BCUT2D eigenvalue weighted by molar-refractivity contribution is 6.07. The molecule has 3 amide bonds. The fourth-order valence-corrected chi connectivity index (χ4v) is 4.84. The molecule has 12 nitrogen and oxygen atoms in total. The lowest BCUT2D eigenvalue weighted by molar-refractivity contribution is -0.384. The molecule has 0 fully saturated rings. The predicted molar refractivity (Wildman–Crippen MR) is 148 cm³/mol. The summed E-state index contributed by atoms with van der Waals surface area (Å²) in [7, 11) is 0. The topological polar surface area (TPSA) is 169 Å². The van der Waals surface area contributed by atoms with Crippen molar-refractivity contribution in [1.82, 2.24) is 16.3 Å². The molecule has 2 aromatic carbocycles. The van der Waals surface area contributed by atoms with Gasteiger partial charge in [0.15, 0.2) is 5.76 Å². The summed E-state index contributed by atoms with van der Waals surface area (Å²) in [6, 6.07) is 8.89. The number of carbonyl (C=O) groups excluding carboxylic acids is 3. The summed E-state index contributed by atoms with van der Waals surface area (Å²) >= 11 is 0. The highest BCUT2D eigenvalue weighted by atomic mass is 16.6. The number of rotatable bonds is 6. The molecular weight excluding hydrogens is 530 g/mol. The number of aryl methyl sites for hydroxylation is 3. The van der Waals surface area contributed by atoms with E-state index in [-0.39, 0.29) is 29.3 Å². The van der Waals surface area contributed by atoms with Gasteiger partial charge in [-0.1, -0.05) is 12.1 Å². The van der Waals surface area contributed by atoms with Crippen molar-refractivity contribution in [2.75, 3.05) is 0 Å². The minimum atomic E-state index is -0.673. The summed E-state index contributed by atoms with van der Waals surface area (Å²) in [4.78, 5) is 48.2. The van der Waals surface area contributed by atoms with E-state index in [2.05, 4.69) is 21.4 Å². The summed E-state index contributed by atoms with van der Waals surface area (Å²) in [5, 5.41) is 16.0. The molecule has 0 bridgehead atoms. The van der Waals surface area contributed by atoms with Gasteiger partial charge >= 0.3 is 5.91 Å². The maximum Gasteiger partial charge on any atom is 0.305 e. The van der Waals surface area contributed by atoms with E-state index >= 15 is 0 Å². The van der Waals surface area contributed by atoms with Gasteiger partial charge in [0.1, 0.15) is 11.3 Å². The zero-order valence-corrected chi connectivity index (χ0v) is 22.6. The number of carbonyl (C=O) groups is 3. The van der Waals surface area contributed by atoms with Gasteiger partial charge in [-0.15, -0.1) is 0 Å². The highest BCUT2D eigenvalue weighted by Gasteiger charge is 2.28. The van der Waals surface area contributed by atoms with Crippen molar-refractivity contribution < 1.29 is 28.1 Å². The Labute approximate surface area is 233 Å². The van der Waals surface area contributed by atoms with Crippen LogP contribution in [-0.4, -0.2) is 28.4 Å². The largest absolute Gasteiger partial charge is 0.464 e. The molecule has 1 aliphatic rings. The molecule has 0 unspecified atom stereocenters. The third kappa shape index (κ3) is 5.44. The van der Waals surface area contributed by atoms with Crippen LogP contribution in [0, 0.1) is 30.9 Å². The van der Waals surface area contributed by atoms with Gasteiger partial charge in [-0.25, -0.2) is 5.43 Å². The third-order valence-corrected chi connectivity index (χ3v) is 7.17. The zero-order valence-electron chi connectivity index (χ0n) is 22.6. The van der Waals surface area contributed by atoms with Crippen LogP contribution in [0.15, 0.2) is 56.6 Å². The van der Waals surface area contributed by atoms with Crippen LogP contribution in [0.3, 0.4) is 0 Å². The van der Waals surface area contributed by atoms with Gasteiger partial charge in [0.25, 0.3) is 11.6 Å². The van der Waals surface area contributed by atoms with Crippen LogP contribution in [0.25, 0.3) is 11.0 Å². The number of hydrazine groups is 1. The lowest BCUT2D eigenvalue weighted by atomic mass is 9.93. The standard InChI is InChI=1S/C29H27N5O7/c1-15-7-12-21-19(14-40-26(21)16(15)2)13-24(35)31-30-22-5-4-6-23-25(22)17(3)27(41-23)29(37)33-32-28(36)18-8-10-20(11-9-18)34(38)39/h7-12,14H,4-6,13H2,1-3H3,(H,31,35)(H,32,36)(H,33,37)/b30-22+. The molecule has 210 valence electrons. The van der Waals surface area contributed by atoms with E-state index in [1.165, 1.54) is 24.3 Å². The summed E-state index contributed by atoms with van der Waals surface area (Å²) in [5.41, 5.74) is 12.6. The van der Waals surface area contributed by atoms with E-state index in [4.69, 9.17) is 8.83 Å². The lowest BCUT2D eigenvalue weighted by Crippen LogP contribution is -2.41. The Morgan fingerprint density at radius 2 is 1.71 bits per heavy atom. The SMILES string of the molecule is Cc1ccc2c(CC(=O)N/N=C3\CCCc4oc(C(=O)NNC(=O)c5ccc([N+](=O)[O-])cc5)c(C)c43)coc2c1C. The number of fused-ring (bicyclic) bond motifs is 2. The van der Waals surface area contributed by atoms with Gasteiger partial charge < -0.3 is 8.83 Å². The van der Waals surface area contributed by atoms with Gasteiger partial charge in [0.2, 0.25) is 5.91 Å². The molecule has 0 aliphatic heterocycles. The quantitative estimate of drug-likeness (QED) is 0.234. The molecular formula is C29H27N5O7. The Morgan fingerprint density at radius 1 is 0.976 bits per heavy atom. The molecule has 41 heavy (non-hydrogen) atoms. The Kier molecular flexibility index (Phi) is 7.38. The number of non-ortho nitro benzene ring substituents is 1. The first-order valence-corrected chi connectivity index (χ1v) is 12.9. The van der Waals surface area contributed by atoms with Crippen molar-refractivity contribution in [1.29, 1.82) is 0 Å². The van der Waals surface area contributed by atoms with Crippen LogP contribution in [0.2, 0.25) is 0 Å². The van der Waals surface area contributed by atoms with E-state index in [0.29, 0.717) is 35.4 Å². The fourth-order valence-electron chi connectivity index (χ4n) is 4.84. The Bertz CT molecular complexity index is 1730. The number of hydrogen-bond donors (Lipinski definition) is 3. The number of nitro benzene ring substituents is 1. The molecule has 0 atom stereocenters. The maximum atomic E-state index is 12.8. The molecule has 1 aliphatic carbocycles. The summed E-state index contributed by atoms with van der Waals surface area (Å²) in [6.45, 7) is 5.69. The second-order valence-corrected chi connectivity index (χ2v) is 9.84. The molecule has 4 aromatic rings. The van der Waals surface area contributed by atoms with Crippen LogP contribution in [-0.2, 0) is 17.6 Å². The van der Waals surface area contributed by atoms with E-state index in [0.717, 1.165) is 34.1 Å². The first-order chi connectivity index (χ1) is 19.6. The summed E-state index contributed by atoms with van der Waals surface area (Å²) < 4.78 is 11.5. The van der Waals surface area contributed by atoms with Crippen LogP contribution < -0.4 is 16.3 Å². The van der Waals surface area contributed by atoms with Gasteiger partial charge in [-0.3, -0.25) is 35.3 Å². The molecule has 0 radical (unpaired) electrons. The van der Waals surface area contributed by atoms with Crippen molar-refractivity contribution in [3.63, 3.8) is 0 Å². The number of nitrogens with zero attached hydrogens (tertiary/aromatic N) is 2. The molecule has 12 heteroatoms. The van der Waals surface area contributed by atoms with Crippen molar-refractivity contribution in [3.8, 4) is 0 Å². The van der Waals surface area contributed by atoms with Crippen LogP contribution in [0.4, 0.5) is 5.69 Å². The van der Waals surface area contributed by atoms with Gasteiger partial charge in [-0.05, 0) is 56.9 Å². The van der Waals surface area contributed by atoms with Crippen LogP contribution in [0.5, 0.6) is 0 Å². The van der Waals surface area contributed by atoms with Gasteiger partial charge in [-0.2, -0.15) is 5.10 Å². The minimum Gasteiger partial charge on any atom is -0.464 e. The average Bonchev–Trinajstić information content (AvgIpc) is 3.53. The van der Waals surface area contributed by atoms with E-state index in [1.807, 2.05) is 26.0 Å². The van der Waals surface area contributed by atoms with E-state index in [1.54, 1.807) is 13.2 Å². The summed E-state index contributed by atoms with van der Waals surface area (Å²) in [5.74, 6) is -1.05. The number of hydrogen-bond acceptors (Lipinski definition) is 8. The molecule has 2 heterocycles. The highest BCUT2D eigenvalue weighted by Crippen LogP contribution is 2.30. The Hall–Kier alpha value is -5.26. The number of benzene rings is 2. The zero-order chi connectivity index (χ0) is 29.3. The number of nitrogens with one attached hydrogen (secondary N) is 3. The summed E-state index contributed by atoms with van der Waals surface area (Å²) in [6.07, 6.45) is 3.57. The van der Waals surface area contributed by atoms with E-state index < -0.39 is 16.7 Å². The number of amides is 3. The molecule has 2 aromatic heterocycles. The van der Waals surface area contributed by atoms with Gasteiger partial charge in [0.05, 0.1) is 23.3 Å².